The highest BCUT2D eigenvalue weighted by atomic mass is 35.5. The predicted molar refractivity (Wildman–Crippen MR) is 82.2 cm³/mol. The second-order valence-corrected chi connectivity index (χ2v) is 6.07. The molecule has 104 valence electrons. The number of hydrogen-bond acceptors (Lipinski definition) is 5. The number of benzene rings is 1. The smallest absolute Gasteiger partial charge is 0.192 e. The lowest BCUT2D eigenvalue weighted by Gasteiger charge is -2.26. The van der Waals surface area contributed by atoms with E-state index in [9.17, 15) is 5.11 Å². The lowest BCUT2D eigenvalue weighted by molar-refractivity contribution is 0.343. The van der Waals surface area contributed by atoms with Crippen molar-refractivity contribution in [1.29, 1.82) is 0 Å². The molecule has 6 heteroatoms. The Morgan fingerprint density at radius 2 is 2.30 bits per heavy atom. The average molecular weight is 308 g/mol. The van der Waals surface area contributed by atoms with Gasteiger partial charge < -0.3 is 15.7 Å². The number of phenols is 1. The maximum Gasteiger partial charge on any atom is 0.192 e. The number of aliphatic imine (C=N–C) groups is 1. The number of nitrogens with two attached hydrogens (primary N) is 1. The predicted octanol–water partition coefficient (Wildman–Crippen LogP) is 2.98. The van der Waals surface area contributed by atoms with E-state index in [2.05, 4.69) is 16.0 Å². The van der Waals surface area contributed by atoms with Crippen molar-refractivity contribution in [1.82, 2.24) is 4.90 Å². The van der Waals surface area contributed by atoms with Crippen LogP contribution >= 0.6 is 22.9 Å². The van der Waals surface area contributed by atoms with Crippen molar-refractivity contribution in [2.45, 2.75) is 12.6 Å². The Morgan fingerprint density at radius 1 is 1.45 bits per heavy atom. The van der Waals surface area contributed by atoms with Gasteiger partial charge in [-0.2, -0.15) is 0 Å². The molecular weight excluding hydrogens is 294 g/mol. The summed E-state index contributed by atoms with van der Waals surface area (Å²) in [6.07, 6.45) is 0. The van der Waals surface area contributed by atoms with Gasteiger partial charge in [-0.3, -0.25) is 4.99 Å². The summed E-state index contributed by atoms with van der Waals surface area (Å²) in [5.74, 6) is 0.639. The first-order chi connectivity index (χ1) is 9.65. The Morgan fingerprint density at radius 3 is 3.00 bits per heavy atom. The van der Waals surface area contributed by atoms with Crippen molar-refractivity contribution < 1.29 is 5.11 Å². The summed E-state index contributed by atoms with van der Waals surface area (Å²) in [6, 6.07) is 9.41. The largest absolute Gasteiger partial charge is 0.506 e. The molecule has 2 heterocycles. The fourth-order valence-corrected chi connectivity index (χ4v) is 3.20. The summed E-state index contributed by atoms with van der Waals surface area (Å²) in [4.78, 5) is 7.63. The maximum absolute atomic E-state index is 9.51. The van der Waals surface area contributed by atoms with Gasteiger partial charge in [0.15, 0.2) is 5.96 Å². The maximum atomic E-state index is 9.51. The number of hydrogen-bond donors (Lipinski definition) is 2. The molecule has 0 fully saturated rings. The third-order valence-corrected chi connectivity index (χ3v) is 4.52. The summed E-state index contributed by atoms with van der Waals surface area (Å²) in [5.41, 5.74) is 7.00. The van der Waals surface area contributed by atoms with Crippen LogP contribution in [0.1, 0.15) is 16.5 Å². The highest BCUT2D eigenvalue weighted by molar-refractivity contribution is 7.09. The van der Waals surface area contributed by atoms with Crippen molar-refractivity contribution in [2.24, 2.45) is 10.7 Å². The first-order valence-corrected chi connectivity index (χ1v) is 7.48. The van der Waals surface area contributed by atoms with Gasteiger partial charge >= 0.3 is 0 Å². The SMILES string of the molecule is NC1=NCC(c2ccc(O)c(Cl)c2)N1Cc1cccs1. The average Bonchev–Trinajstić information content (AvgIpc) is 3.05. The normalized spacial score (nSPS) is 18.4. The monoisotopic (exact) mass is 307 g/mol. The van der Waals surface area contributed by atoms with Gasteiger partial charge in [0, 0.05) is 4.88 Å². The van der Waals surface area contributed by atoms with Crippen molar-refractivity contribution in [3.05, 3.63) is 51.2 Å². The van der Waals surface area contributed by atoms with Gasteiger partial charge in [-0.15, -0.1) is 11.3 Å². The molecule has 20 heavy (non-hydrogen) atoms. The number of rotatable bonds is 3. The van der Waals surface area contributed by atoms with Gasteiger partial charge in [0.1, 0.15) is 5.75 Å². The molecule has 1 aliphatic rings. The molecule has 0 amide bonds. The zero-order valence-electron chi connectivity index (χ0n) is 10.7. The third-order valence-electron chi connectivity index (χ3n) is 3.36. The quantitative estimate of drug-likeness (QED) is 0.916. The molecule has 2 aromatic rings. The molecule has 0 saturated carbocycles. The lowest BCUT2D eigenvalue weighted by atomic mass is 10.1. The minimum Gasteiger partial charge on any atom is -0.506 e. The summed E-state index contributed by atoms with van der Waals surface area (Å²) < 4.78 is 0. The number of halogens is 1. The lowest BCUT2D eigenvalue weighted by Crippen LogP contribution is -2.35. The standard InChI is InChI=1S/C14H14ClN3OS/c15-11-6-9(3-4-13(11)19)12-7-17-14(16)18(12)8-10-2-1-5-20-10/h1-6,12,19H,7-8H2,(H2,16,17). The molecule has 1 atom stereocenters. The number of thiophene rings is 1. The summed E-state index contributed by atoms with van der Waals surface area (Å²) in [5, 5.41) is 11.9. The van der Waals surface area contributed by atoms with E-state index in [0.717, 1.165) is 12.1 Å². The molecule has 0 saturated heterocycles. The molecule has 0 radical (unpaired) electrons. The van der Waals surface area contributed by atoms with E-state index in [1.165, 1.54) is 4.88 Å². The number of nitrogens with zero attached hydrogens (tertiary/aromatic N) is 2. The molecule has 3 rings (SSSR count). The molecule has 1 aromatic carbocycles. The van der Waals surface area contributed by atoms with Crippen LogP contribution in [0.4, 0.5) is 0 Å². The van der Waals surface area contributed by atoms with Crippen molar-refractivity contribution >= 4 is 28.9 Å². The van der Waals surface area contributed by atoms with Crippen LogP contribution < -0.4 is 5.73 Å². The van der Waals surface area contributed by atoms with E-state index < -0.39 is 0 Å². The first kappa shape index (κ1) is 13.3. The Balaban J connectivity index is 1.86. The summed E-state index contributed by atoms with van der Waals surface area (Å²) >= 11 is 7.68. The van der Waals surface area contributed by atoms with E-state index in [1.54, 1.807) is 23.5 Å². The van der Waals surface area contributed by atoms with Crippen molar-refractivity contribution in [3.63, 3.8) is 0 Å². The van der Waals surface area contributed by atoms with Gasteiger partial charge in [-0.05, 0) is 29.1 Å². The summed E-state index contributed by atoms with van der Waals surface area (Å²) in [6.45, 7) is 1.34. The van der Waals surface area contributed by atoms with Crippen LogP contribution in [-0.4, -0.2) is 22.5 Å². The molecule has 4 nitrogen and oxygen atoms in total. The molecule has 0 spiro atoms. The van der Waals surface area contributed by atoms with E-state index in [4.69, 9.17) is 17.3 Å². The van der Waals surface area contributed by atoms with Crippen LogP contribution in [0.15, 0.2) is 40.7 Å². The fraction of sp³-hybridized carbons (Fsp3) is 0.214. The van der Waals surface area contributed by atoms with E-state index >= 15 is 0 Å². The second-order valence-electron chi connectivity index (χ2n) is 4.63. The number of phenolic OH excluding ortho intramolecular Hbond substituents is 1. The minimum absolute atomic E-state index is 0.0650. The Hall–Kier alpha value is -1.72. The van der Waals surface area contributed by atoms with Crippen molar-refractivity contribution in [2.75, 3.05) is 6.54 Å². The van der Waals surface area contributed by atoms with Gasteiger partial charge in [0.2, 0.25) is 0 Å². The second kappa shape index (κ2) is 5.34. The number of guanidine groups is 1. The van der Waals surface area contributed by atoms with Crippen LogP contribution in [0.25, 0.3) is 0 Å². The third kappa shape index (κ3) is 2.46. The Bertz CT molecular complexity index is 642. The van der Waals surface area contributed by atoms with Crippen LogP contribution in [-0.2, 0) is 6.54 Å². The molecule has 1 unspecified atom stereocenters. The van der Waals surface area contributed by atoms with Gasteiger partial charge in [0.05, 0.1) is 24.2 Å². The molecular formula is C14H14ClN3OS. The highest BCUT2D eigenvalue weighted by Crippen LogP contribution is 2.32. The van der Waals surface area contributed by atoms with Crippen LogP contribution in [0, 0.1) is 0 Å². The molecule has 0 bridgehead atoms. The van der Waals surface area contributed by atoms with Gasteiger partial charge in [-0.1, -0.05) is 23.7 Å². The van der Waals surface area contributed by atoms with Crippen molar-refractivity contribution in [3.8, 4) is 5.75 Å². The van der Waals surface area contributed by atoms with E-state index in [-0.39, 0.29) is 11.8 Å². The molecule has 1 aliphatic heterocycles. The van der Waals surface area contributed by atoms with Crippen LogP contribution in [0.5, 0.6) is 5.75 Å². The highest BCUT2D eigenvalue weighted by Gasteiger charge is 2.28. The Labute approximate surface area is 126 Å². The minimum atomic E-state index is 0.0650. The topological polar surface area (TPSA) is 61.9 Å². The van der Waals surface area contributed by atoms with Gasteiger partial charge in [0.25, 0.3) is 0 Å². The summed E-state index contributed by atoms with van der Waals surface area (Å²) in [7, 11) is 0. The first-order valence-electron chi connectivity index (χ1n) is 6.22. The van der Waals surface area contributed by atoms with Crippen LogP contribution in [0.3, 0.4) is 0 Å². The molecule has 0 aliphatic carbocycles. The molecule has 3 N–H and O–H groups in total. The van der Waals surface area contributed by atoms with E-state index in [0.29, 0.717) is 17.5 Å². The van der Waals surface area contributed by atoms with Gasteiger partial charge in [-0.25, -0.2) is 0 Å². The van der Waals surface area contributed by atoms with E-state index in [1.807, 2.05) is 17.5 Å². The fourth-order valence-electron chi connectivity index (χ4n) is 2.31. The zero-order valence-corrected chi connectivity index (χ0v) is 12.2. The number of aromatic hydroxyl groups is 1. The Kier molecular flexibility index (Phi) is 3.54. The zero-order chi connectivity index (χ0) is 14.1. The molecule has 1 aromatic heterocycles. The van der Waals surface area contributed by atoms with Crippen LogP contribution in [0.2, 0.25) is 5.02 Å².